The zero-order chi connectivity index (χ0) is 14.0. The molecule has 18 heavy (non-hydrogen) atoms. The molecule has 0 heterocycles. The Morgan fingerprint density at radius 2 is 1.94 bits per heavy atom. The normalized spacial score (nSPS) is 12.4. The van der Waals surface area contributed by atoms with Crippen molar-refractivity contribution in [3.05, 3.63) is 29.3 Å². The smallest absolute Gasteiger partial charge is 0.242 e. The highest BCUT2D eigenvalue weighted by molar-refractivity contribution is 7.89. The molecule has 0 aliphatic carbocycles. The summed E-state index contributed by atoms with van der Waals surface area (Å²) in [6.07, 6.45) is -0.101. The minimum Gasteiger partial charge on any atom is -0.370 e. The predicted octanol–water partition coefficient (Wildman–Crippen LogP) is 1.27. The number of sulfonamides is 1. The van der Waals surface area contributed by atoms with Crippen molar-refractivity contribution in [1.29, 1.82) is 0 Å². The molecule has 0 atom stereocenters. The van der Waals surface area contributed by atoms with Gasteiger partial charge < -0.3 is 5.73 Å². The Labute approximate surface area is 111 Å². The zero-order valence-electron chi connectivity index (χ0n) is 10.1. The van der Waals surface area contributed by atoms with Gasteiger partial charge in [-0.3, -0.25) is 4.79 Å². The van der Waals surface area contributed by atoms with Crippen molar-refractivity contribution in [3.8, 4) is 0 Å². The van der Waals surface area contributed by atoms with Crippen LogP contribution in [0, 0.1) is 0 Å². The molecule has 1 amide bonds. The molecular formula is C11H15ClN2O3S. The first-order valence-electron chi connectivity index (χ1n) is 5.21. The first-order valence-corrected chi connectivity index (χ1v) is 7.07. The third kappa shape index (κ3) is 3.97. The van der Waals surface area contributed by atoms with Gasteiger partial charge in [-0.1, -0.05) is 23.7 Å². The Kier molecular flexibility index (Phi) is 4.37. The summed E-state index contributed by atoms with van der Waals surface area (Å²) >= 11 is 5.83. The largest absolute Gasteiger partial charge is 0.370 e. The van der Waals surface area contributed by atoms with Crippen molar-refractivity contribution >= 4 is 27.5 Å². The second-order valence-corrected chi connectivity index (χ2v) is 6.62. The molecule has 3 N–H and O–H groups in total. The van der Waals surface area contributed by atoms with E-state index >= 15 is 0 Å². The number of halogens is 1. The molecule has 7 heteroatoms. The Hall–Kier alpha value is -1.11. The van der Waals surface area contributed by atoms with Crippen molar-refractivity contribution in [2.24, 2.45) is 5.73 Å². The number of nitrogens with two attached hydrogens (primary N) is 1. The predicted molar refractivity (Wildman–Crippen MR) is 69.7 cm³/mol. The van der Waals surface area contributed by atoms with Crippen LogP contribution in [0.5, 0.6) is 0 Å². The molecule has 1 aromatic rings. The van der Waals surface area contributed by atoms with Gasteiger partial charge in [-0.05, 0) is 26.0 Å². The standard InChI is InChI=1S/C11H15ClN2O3S/c1-11(2,7-10(13)15)14-18(16,17)9-6-4-3-5-8(9)12/h3-6,14H,7H2,1-2H3,(H2,13,15). The topological polar surface area (TPSA) is 89.3 Å². The molecule has 0 radical (unpaired) electrons. The fraction of sp³-hybridized carbons (Fsp3) is 0.364. The van der Waals surface area contributed by atoms with E-state index in [1.54, 1.807) is 26.0 Å². The molecule has 0 spiro atoms. The van der Waals surface area contributed by atoms with Crippen LogP contribution in [0.25, 0.3) is 0 Å². The molecule has 100 valence electrons. The molecule has 0 saturated carbocycles. The Morgan fingerprint density at radius 3 is 2.44 bits per heavy atom. The van der Waals surface area contributed by atoms with Gasteiger partial charge in [0.05, 0.1) is 5.02 Å². The van der Waals surface area contributed by atoms with Gasteiger partial charge in [0, 0.05) is 12.0 Å². The zero-order valence-corrected chi connectivity index (χ0v) is 11.7. The van der Waals surface area contributed by atoms with Crippen LogP contribution in [-0.2, 0) is 14.8 Å². The van der Waals surface area contributed by atoms with Gasteiger partial charge in [0.25, 0.3) is 0 Å². The molecule has 0 aliphatic rings. The van der Waals surface area contributed by atoms with Crippen molar-refractivity contribution < 1.29 is 13.2 Å². The average molecular weight is 291 g/mol. The van der Waals surface area contributed by atoms with E-state index in [1.807, 2.05) is 0 Å². The maximum Gasteiger partial charge on any atom is 0.242 e. The minimum absolute atomic E-state index is 0.0239. The lowest BCUT2D eigenvalue weighted by atomic mass is 10.0. The van der Waals surface area contributed by atoms with Crippen molar-refractivity contribution in [1.82, 2.24) is 4.72 Å². The third-order valence-electron chi connectivity index (χ3n) is 2.15. The number of carbonyl (C=O) groups is 1. The van der Waals surface area contributed by atoms with Crippen LogP contribution in [0.15, 0.2) is 29.2 Å². The van der Waals surface area contributed by atoms with Crippen LogP contribution >= 0.6 is 11.6 Å². The highest BCUT2D eigenvalue weighted by atomic mass is 35.5. The molecule has 0 bridgehead atoms. The number of amides is 1. The first-order chi connectivity index (χ1) is 8.14. The Morgan fingerprint density at radius 1 is 1.39 bits per heavy atom. The average Bonchev–Trinajstić information content (AvgIpc) is 2.13. The highest BCUT2D eigenvalue weighted by Gasteiger charge is 2.28. The van der Waals surface area contributed by atoms with Crippen LogP contribution in [0.4, 0.5) is 0 Å². The van der Waals surface area contributed by atoms with Crippen LogP contribution < -0.4 is 10.5 Å². The fourth-order valence-electron chi connectivity index (χ4n) is 1.55. The van der Waals surface area contributed by atoms with E-state index in [1.165, 1.54) is 12.1 Å². The van der Waals surface area contributed by atoms with Gasteiger partial charge >= 0.3 is 0 Å². The van der Waals surface area contributed by atoms with E-state index in [2.05, 4.69) is 4.72 Å². The molecule has 0 aromatic heterocycles. The summed E-state index contributed by atoms with van der Waals surface area (Å²) in [6.45, 7) is 3.15. The summed E-state index contributed by atoms with van der Waals surface area (Å²) in [5.41, 5.74) is 4.10. The van der Waals surface area contributed by atoms with E-state index in [0.29, 0.717) is 0 Å². The third-order valence-corrected chi connectivity index (χ3v) is 4.35. The first kappa shape index (κ1) is 14.9. The quantitative estimate of drug-likeness (QED) is 0.856. The SMILES string of the molecule is CC(C)(CC(N)=O)NS(=O)(=O)c1ccccc1Cl. The summed E-state index contributed by atoms with van der Waals surface area (Å²) in [5, 5.41) is 0.125. The van der Waals surface area contributed by atoms with Gasteiger partial charge in [0.15, 0.2) is 0 Å². The van der Waals surface area contributed by atoms with Crippen molar-refractivity contribution in [2.75, 3.05) is 0 Å². The molecular weight excluding hydrogens is 276 g/mol. The van der Waals surface area contributed by atoms with E-state index in [0.717, 1.165) is 0 Å². The van der Waals surface area contributed by atoms with E-state index in [9.17, 15) is 13.2 Å². The monoisotopic (exact) mass is 290 g/mol. The lowest BCUT2D eigenvalue weighted by molar-refractivity contribution is -0.119. The van der Waals surface area contributed by atoms with Crippen molar-refractivity contribution in [2.45, 2.75) is 30.7 Å². The molecule has 0 saturated heterocycles. The number of rotatable bonds is 5. The van der Waals surface area contributed by atoms with Crippen LogP contribution in [0.3, 0.4) is 0 Å². The molecule has 1 rings (SSSR count). The number of hydrogen-bond donors (Lipinski definition) is 2. The van der Waals surface area contributed by atoms with Gasteiger partial charge in [0.1, 0.15) is 4.90 Å². The van der Waals surface area contributed by atoms with E-state index < -0.39 is 21.5 Å². The lowest BCUT2D eigenvalue weighted by Gasteiger charge is -2.24. The summed E-state index contributed by atoms with van der Waals surface area (Å²) in [4.78, 5) is 10.8. The Balaban J connectivity index is 3.03. The van der Waals surface area contributed by atoms with Gasteiger partial charge in [0.2, 0.25) is 15.9 Å². The summed E-state index contributed by atoms with van der Waals surface area (Å²) in [6, 6.07) is 6.08. The van der Waals surface area contributed by atoms with Crippen LogP contribution in [-0.4, -0.2) is 19.9 Å². The maximum absolute atomic E-state index is 12.1. The Bertz CT molecular complexity index is 555. The fourth-order valence-corrected chi connectivity index (χ4v) is 3.49. The molecule has 0 aliphatic heterocycles. The van der Waals surface area contributed by atoms with E-state index in [-0.39, 0.29) is 16.3 Å². The molecule has 0 unspecified atom stereocenters. The summed E-state index contributed by atoms with van der Waals surface area (Å²) < 4.78 is 26.6. The maximum atomic E-state index is 12.1. The lowest BCUT2D eigenvalue weighted by Crippen LogP contribution is -2.45. The number of hydrogen-bond acceptors (Lipinski definition) is 3. The van der Waals surface area contributed by atoms with Crippen LogP contribution in [0.1, 0.15) is 20.3 Å². The van der Waals surface area contributed by atoms with Gasteiger partial charge in [-0.2, -0.15) is 0 Å². The molecule has 0 fully saturated rings. The van der Waals surface area contributed by atoms with Gasteiger partial charge in [-0.25, -0.2) is 13.1 Å². The highest BCUT2D eigenvalue weighted by Crippen LogP contribution is 2.22. The number of primary amides is 1. The second-order valence-electron chi connectivity index (χ2n) is 4.56. The second kappa shape index (κ2) is 5.26. The van der Waals surface area contributed by atoms with E-state index in [4.69, 9.17) is 17.3 Å². The number of nitrogens with one attached hydrogen (secondary N) is 1. The van der Waals surface area contributed by atoms with Gasteiger partial charge in [-0.15, -0.1) is 0 Å². The minimum atomic E-state index is -3.78. The summed E-state index contributed by atoms with van der Waals surface area (Å²) in [5.74, 6) is -0.582. The molecule has 1 aromatic carbocycles. The van der Waals surface area contributed by atoms with Crippen molar-refractivity contribution in [3.63, 3.8) is 0 Å². The number of carbonyl (C=O) groups excluding carboxylic acids is 1. The summed E-state index contributed by atoms with van der Waals surface area (Å²) in [7, 11) is -3.78. The number of benzene rings is 1. The molecule has 5 nitrogen and oxygen atoms in total. The van der Waals surface area contributed by atoms with Crippen LogP contribution in [0.2, 0.25) is 5.02 Å².